The van der Waals surface area contributed by atoms with Gasteiger partial charge in [-0.3, -0.25) is 4.79 Å². The minimum absolute atomic E-state index is 0.0395. The Hall–Kier alpha value is -2.89. The second-order valence-electron chi connectivity index (χ2n) is 7.23. The Bertz CT molecular complexity index is 879. The van der Waals surface area contributed by atoms with Gasteiger partial charge < -0.3 is 14.2 Å². The Morgan fingerprint density at radius 1 is 1.07 bits per heavy atom. The van der Waals surface area contributed by atoms with Gasteiger partial charge in [0.25, 0.3) is 0 Å². The van der Waals surface area contributed by atoms with E-state index in [1.165, 1.54) is 37.5 Å². The van der Waals surface area contributed by atoms with Gasteiger partial charge in [-0.15, -0.1) is 0 Å². The van der Waals surface area contributed by atoms with Gasteiger partial charge in [0.15, 0.2) is 0 Å². The van der Waals surface area contributed by atoms with Crippen LogP contribution in [0.25, 0.3) is 0 Å². The Balaban J connectivity index is 1.78. The molecule has 0 N–H and O–H groups in total. The summed E-state index contributed by atoms with van der Waals surface area (Å²) in [5, 5.41) is 0. The van der Waals surface area contributed by atoms with Gasteiger partial charge in [0.05, 0.1) is 31.1 Å². The molecule has 0 radical (unpaired) electrons. The van der Waals surface area contributed by atoms with Crippen LogP contribution in [0.3, 0.4) is 0 Å². The van der Waals surface area contributed by atoms with Crippen molar-refractivity contribution in [3.63, 3.8) is 0 Å². The van der Waals surface area contributed by atoms with Crippen LogP contribution >= 0.6 is 0 Å². The highest BCUT2D eigenvalue weighted by Crippen LogP contribution is 2.54. The Morgan fingerprint density at radius 3 is 2.32 bits per heavy atom. The fourth-order valence-electron chi connectivity index (χ4n) is 4.24. The summed E-state index contributed by atoms with van der Waals surface area (Å²) in [6, 6.07) is 6.40. The van der Waals surface area contributed by atoms with Crippen molar-refractivity contribution in [1.82, 2.24) is 0 Å². The van der Waals surface area contributed by atoms with Crippen molar-refractivity contribution < 1.29 is 28.6 Å². The Labute approximate surface area is 164 Å². The van der Waals surface area contributed by atoms with Gasteiger partial charge in [-0.2, -0.15) is 0 Å². The first-order valence-electron chi connectivity index (χ1n) is 9.24. The number of carbonyl (C=O) groups is 3. The monoisotopic (exact) mass is 384 g/mol. The van der Waals surface area contributed by atoms with Crippen LogP contribution in [0.15, 0.2) is 47.2 Å². The molecule has 148 valence electrons. The average Bonchev–Trinajstić information content (AvgIpc) is 3.19. The molecule has 28 heavy (non-hydrogen) atoms. The first kappa shape index (κ1) is 19.9. The molecule has 0 amide bonds. The molecule has 0 spiro atoms. The lowest BCUT2D eigenvalue weighted by Gasteiger charge is -2.26. The predicted molar refractivity (Wildman–Crippen MR) is 101 cm³/mol. The normalized spacial score (nSPS) is 24.4. The van der Waals surface area contributed by atoms with Crippen molar-refractivity contribution in [2.75, 3.05) is 13.7 Å². The molecule has 1 aromatic carbocycles. The van der Waals surface area contributed by atoms with Crippen LogP contribution in [0.5, 0.6) is 0 Å². The number of hydrogen-bond donors (Lipinski definition) is 0. The third kappa shape index (κ3) is 3.59. The number of hydrogen-bond acceptors (Lipinski definition) is 6. The zero-order valence-electron chi connectivity index (χ0n) is 16.5. The van der Waals surface area contributed by atoms with E-state index in [1.54, 1.807) is 18.2 Å². The lowest BCUT2D eigenvalue weighted by molar-refractivity contribution is -0.135. The molecule has 3 rings (SSSR count). The standard InChI is InChI=1S/C22H24O6/c1-12-13(2)18-9-17(12)19(10-27-14(3)23)20(18)11-28-22(25)16-8-6-5-7-15(16)21(24)26-4/h5-8,10,17-18,20H,9,11H2,1-4H3. The summed E-state index contributed by atoms with van der Waals surface area (Å²) in [5.41, 5.74) is 3.93. The molecule has 2 aliphatic rings. The first-order chi connectivity index (χ1) is 13.3. The van der Waals surface area contributed by atoms with Crippen LogP contribution in [0.2, 0.25) is 0 Å². The van der Waals surface area contributed by atoms with E-state index in [0.717, 1.165) is 12.0 Å². The summed E-state index contributed by atoms with van der Waals surface area (Å²) in [5.74, 6) is -1.10. The molecule has 0 aliphatic heterocycles. The number of benzene rings is 1. The van der Waals surface area contributed by atoms with Crippen LogP contribution in [-0.2, 0) is 19.0 Å². The maximum absolute atomic E-state index is 12.6. The van der Waals surface area contributed by atoms with Crippen LogP contribution < -0.4 is 0 Å². The predicted octanol–water partition coefficient (Wildman–Crippen LogP) is 3.68. The molecule has 0 saturated heterocycles. The molecule has 1 saturated carbocycles. The fraction of sp³-hybridized carbons (Fsp3) is 0.409. The zero-order valence-corrected chi connectivity index (χ0v) is 16.5. The van der Waals surface area contributed by atoms with E-state index in [1.807, 2.05) is 0 Å². The SMILES string of the molecule is COC(=O)c1ccccc1C(=O)OCC1C(=COC(C)=O)C2CC1C(C)=C2C. The lowest BCUT2D eigenvalue weighted by atomic mass is 9.82. The molecule has 0 heterocycles. The Morgan fingerprint density at radius 2 is 1.71 bits per heavy atom. The van der Waals surface area contributed by atoms with Crippen molar-refractivity contribution in [2.24, 2.45) is 17.8 Å². The molecule has 6 nitrogen and oxygen atoms in total. The fourth-order valence-corrected chi connectivity index (χ4v) is 4.24. The molecule has 3 unspecified atom stereocenters. The van der Waals surface area contributed by atoms with Gasteiger partial charge in [0.2, 0.25) is 0 Å². The Kier molecular flexibility index (Phi) is 5.68. The number of allylic oxidation sites excluding steroid dienone is 2. The smallest absolute Gasteiger partial charge is 0.339 e. The molecule has 1 fully saturated rings. The molecule has 2 aliphatic carbocycles. The van der Waals surface area contributed by atoms with Crippen molar-refractivity contribution in [3.05, 3.63) is 58.4 Å². The maximum atomic E-state index is 12.6. The maximum Gasteiger partial charge on any atom is 0.339 e. The quantitative estimate of drug-likeness (QED) is 0.333. The minimum atomic E-state index is -0.586. The van der Waals surface area contributed by atoms with Gasteiger partial charge in [-0.25, -0.2) is 9.59 Å². The molecule has 1 aromatic rings. The highest BCUT2D eigenvalue weighted by Gasteiger charge is 2.47. The molecule has 6 heteroatoms. The van der Waals surface area contributed by atoms with Crippen molar-refractivity contribution in [1.29, 1.82) is 0 Å². The average molecular weight is 384 g/mol. The van der Waals surface area contributed by atoms with Crippen LogP contribution in [0.1, 0.15) is 47.9 Å². The summed E-state index contributed by atoms with van der Waals surface area (Å²) in [6.45, 7) is 5.71. The van der Waals surface area contributed by atoms with Gasteiger partial charge in [-0.1, -0.05) is 23.3 Å². The van der Waals surface area contributed by atoms with E-state index in [0.29, 0.717) is 0 Å². The lowest BCUT2D eigenvalue weighted by Crippen LogP contribution is -2.24. The largest absolute Gasteiger partial charge is 0.465 e. The number of methoxy groups -OCH3 is 1. The second kappa shape index (κ2) is 8.00. The highest BCUT2D eigenvalue weighted by atomic mass is 16.5. The zero-order chi connectivity index (χ0) is 20.4. The van der Waals surface area contributed by atoms with Crippen LogP contribution in [0.4, 0.5) is 0 Å². The molecular formula is C22H24O6. The van der Waals surface area contributed by atoms with E-state index in [2.05, 4.69) is 13.8 Å². The van der Waals surface area contributed by atoms with Crippen molar-refractivity contribution >= 4 is 17.9 Å². The number of esters is 3. The summed E-state index contributed by atoms with van der Waals surface area (Å²) in [6.07, 6.45) is 2.45. The summed E-state index contributed by atoms with van der Waals surface area (Å²) in [7, 11) is 1.27. The molecular weight excluding hydrogens is 360 g/mol. The number of carbonyl (C=O) groups excluding carboxylic acids is 3. The third-order valence-electron chi connectivity index (χ3n) is 5.81. The van der Waals surface area contributed by atoms with Crippen LogP contribution in [0, 0.1) is 17.8 Å². The number of ether oxygens (including phenoxy) is 3. The number of rotatable bonds is 5. The topological polar surface area (TPSA) is 78.9 Å². The third-order valence-corrected chi connectivity index (χ3v) is 5.81. The molecule has 2 bridgehead atoms. The van der Waals surface area contributed by atoms with Crippen LogP contribution in [-0.4, -0.2) is 31.6 Å². The first-order valence-corrected chi connectivity index (χ1v) is 9.24. The minimum Gasteiger partial charge on any atom is -0.465 e. The van der Waals surface area contributed by atoms with Crippen molar-refractivity contribution in [2.45, 2.75) is 27.2 Å². The number of fused-ring (bicyclic) bond motifs is 2. The van der Waals surface area contributed by atoms with Gasteiger partial charge in [-0.05, 0) is 43.9 Å². The highest BCUT2D eigenvalue weighted by molar-refractivity contribution is 6.03. The van der Waals surface area contributed by atoms with E-state index >= 15 is 0 Å². The second-order valence-corrected chi connectivity index (χ2v) is 7.23. The van der Waals surface area contributed by atoms with Gasteiger partial charge in [0, 0.05) is 18.8 Å². The molecule has 3 atom stereocenters. The van der Waals surface area contributed by atoms with Crippen molar-refractivity contribution in [3.8, 4) is 0 Å². The summed E-state index contributed by atoms with van der Waals surface area (Å²) in [4.78, 5) is 35.7. The van der Waals surface area contributed by atoms with E-state index < -0.39 is 11.9 Å². The van der Waals surface area contributed by atoms with Gasteiger partial charge >= 0.3 is 17.9 Å². The summed E-state index contributed by atoms with van der Waals surface area (Å²) < 4.78 is 15.4. The van der Waals surface area contributed by atoms with Gasteiger partial charge in [0.1, 0.15) is 0 Å². The van der Waals surface area contributed by atoms with E-state index in [-0.39, 0.29) is 41.5 Å². The molecule has 0 aromatic heterocycles. The summed E-state index contributed by atoms with van der Waals surface area (Å²) >= 11 is 0. The van der Waals surface area contributed by atoms with E-state index in [4.69, 9.17) is 14.2 Å². The van der Waals surface area contributed by atoms with E-state index in [9.17, 15) is 14.4 Å².